The summed E-state index contributed by atoms with van der Waals surface area (Å²) in [7, 11) is 0. The quantitative estimate of drug-likeness (QED) is 0.587. The van der Waals surface area contributed by atoms with Crippen molar-refractivity contribution in [3.63, 3.8) is 0 Å². The molecule has 0 aromatic heterocycles. The van der Waals surface area contributed by atoms with Crippen LogP contribution in [-0.2, 0) is 11.2 Å². The Kier molecular flexibility index (Phi) is 5.62. The highest BCUT2D eigenvalue weighted by Crippen LogP contribution is 2.17. The second-order valence-corrected chi connectivity index (χ2v) is 4.51. The van der Waals surface area contributed by atoms with Crippen molar-refractivity contribution < 1.29 is 4.74 Å². The molecule has 0 aliphatic carbocycles. The summed E-state index contributed by atoms with van der Waals surface area (Å²) in [6, 6.07) is 6.52. The molecule has 0 fully saturated rings. The van der Waals surface area contributed by atoms with Crippen LogP contribution in [0.4, 0.5) is 0 Å². The smallest absolute Gasteiger partial charge is 0.0716 e. The van der Waals surface area contributed by atoms with E-state index in [-0.39, 0.29) is 12.1 Å². The maximum absolute atomic E-state index is 5.62. The van der Waals surface area contributed by atoms with Gasteiger partial charge in [0.15, 0.2) is 0 Å². The molecule has 17 heavy (non-hydrogen) atoms. The lowest BCUT2D eigenvalue weighted by molar-refractivity contribution is 0.0476. The fourth-order valence-electron chi connectivity index (χ4n) is 2.13. The second-order valence-electron chi connectivity index (χ2n) is 4.51. The Hall–Kier alpha value is -0.900. The molecule has 2 atom stereocenters. The van der Waals surface area contributed by atoms with E-state index < -0.39 is 0 Å². The van der Waals surface area contributed by atoms with Crippen LogP contribution in [0, 0.1) is 13.8 Å². The lowest BCUT2D eigenvalue weighted by Gasteiger charge is -2.24. The molecule has 0 aliphatic heterocycles. The molecule has 0 bridgehead atoms. The van der Waals surface area contributed by atoms with E-state index in [9.17, 15) is 0 Å². The largest absolute Gasteiger partial charge is 0.377 e. The van der Waals surface area contributed by atoms with E-state index >= 15 is 0 Å². The summed E-state index contributed by atoms with van der Waals surface area (Å²) in [5, 5.41) is 0. The minimum Gasteiger partial charge on any atom is -0.377 e. The zero-order valence-electron chi connectivity index (χ0n) is 11.3. The molecule has 1 aromatic rings. The number of benzene rings is 1. The maximum atomic E-state index is 5.62. The molecule has 0 aliphatic rings. The van der Waals surface area contributed by atoms with Crippen molar-refractivity contribution in [2.45, 2.75) is 46.3 Å². The summed E-state index contributed by atoms with van der Waals surface area (Å²) < 4.78 is 5.60. The lowest BCUT2D eigenvalue weighted by Crippen LogP contribution is -2.45. The summed E-state index contributed by atoms with van der Waals surface area (Å²) in [4.78, 5) is 0. The summed E-state index contributed by atoms with van der Waals surface area (Å²) >= 11 is 0. The van der Waals surface area contributed by atoms with E-state index in [0.29, 0.717) is 6.61 Å². The Balaban J connectivity index is 2.80. The van der Waals surface area contributed by atoms with Gasteiger partial charge in [0, 0.05) is 6.61 Å². The fraction of sp³-hybridized carbons (Fsp3) is 0.571. The van der Waals surface area contributed by atoms with Gasteiger partial charge in [-0.15, -0.1) is 0 Å². The zero-order chi connectivity index (χ0) is 12.8. The predicted octanol–water partition coefficient (Wildman–Crippen LogP) is 2.10. The first-order valence-corrected chi connectivity index (χ1v) is 6.23. The van der Waals surface area contributed by atoms with Gasteiger partial charge in [0.1, 0.15) is 0 Å². The van der Waals surface area contributed by atoms with Gasteiger partial charge in [-0.2, -0.15) is 0 Å². The second kappa shape index (κ2) is 6.74. The van der Waals surface area contributed by atoms with Gasteiger partial charge in [-0.05, 0) is 50.8 Å². The van der Waals surface area contributed by atoms with Gasteiger partial charge in [0.2, 0.25) is 0 Å². The molecule has 3 N–H and O–H groups in total. The Morgan fingerprint density at radius 3 is 2.35 bits per heavy atom. The third kappa shape index (κ3) is 3.80. The Labute approximate surface area is 104 Å². The Bertz CT molecular complexity index is 332. The van der Waals surface area contributed by atoms with Gasteiger partial charge >= 0.3 is 0 Å². The first-order valence-electron chi connectivity index (χ1n) is 6.23. The van der Waals surface area contributed by atoms with Crippen molar-refractivity contribution in [3.8, 4) is 0 Å². The van der Waals surface area contributed by atoms with E-state index in [1.165, 1.54) is 16.7 Å². The third-order valence-electron chi connectivity index (χ3n) is 3.28. The summed E-state index contributed by atoms with van der Waals surface area (Å²) in [5.41, 5.74) is 6.86. The standard InChI is InChI=1S/C14H24N2O/c1-5-17-12(4)14(16-15)9-13-10(2)7-6-8-11(13)3/h6-8,12,14,16H,5,9,15H2,1-4H3. The molecular weight excluding hydrogens is 212 g/mol. The Morgan fingerprint density at radius 1 is 1.29 bits per heavy atom. The topological polar surface area (TPSA) is 47.3 Å². The van der Waals surface area contributed by atoms with Gasteiger partial charge in [-0.25, -0.2) is 0 Å². The van der Waals surface area contributed by atoms with Gasteiger partial charge in [-0.3, -0.25) is 11.3 Å². The van der Waals surface area contributed by atoms with Crippen LogP contribution in [0.3, 0.4) is 0 Å². The molecule has 0 spiro atoms. The zero-order valence-corrected chi connectivity index (χ0v) is 11.3. The van der Waals surface area contributed by atoms with E-state index in [4.69, 9.17) is 10.6 Å². The number of aryl methyl sites for hydroxylation is 2. The highest BCUT2D eigenvalue weighted by molar-refractivity contribution is 5.34. The highest BCUT2D eigenvalue weighted by atomic mass is 16.5. The molecule has 1 rings (SSSR count). The predicted molar refractivity (Wildman–Crippen MR) is 71.8 cm³/mol. The van der Waals surface area contributed by atoms with Gasteiger partial charge in [-0.1, -0.05) is 18.2 Å². The van der Waals surface area contributed by atoms with E-state index in [1.54, 1.807) is 0 Å². The number of hydrazine groups is 1. The molecule has 3 heteroatoms. The monoisotopic (exact) mass is 236 g/mol. The van der Waals surface area contributed by atoms with Crippen molar-refractivity contribution >= 4 is 0 Å². The molecule has 0 heterocycles. The van der Waals surface area contributed by atoms with Crippen LogP contribution in [0.15, 0.2) is 18.2 Å². The van der Waals surface area contributed by atoms with Crippen LogP contribution in [0.1, 0.15) is 30.5 Å². The fourth-order valence-corrected chi connectivity index (χ4v) is 2.13. The maximum Gasteiger partial charge on any atom is 0.0716 e. The van der Waals surface area contributed by atoms with Crippen LogP contribution in [0.2, 0.25) is 0 Å². The molecule has 0 saturated carbocycles. The van der Waals surface area contributed by atoms with E-state index in [0.717, 1.165) is 6.42 Å². The highest BCUT2D eigenvalue weighted by Gasteiger charge is 2.18. The molecule has 0 saturated heterocycles. The van der Waals surface area contributed by atoms with Crippen molar-refractivity contribution in [2.24, 2.45) is 5.84 Å². The first kappa shape index (κ1) is 14.2. The van der Waals surface area contributed by atoms with Gasteiger partial charge in [0.05, 0.1) is 12.1 Å². The van der Waals surface area contributed by atoms with Crippen molar-refractivity contribution in [3.05, 3.63) is 34.9 Å². The number of nitrogens with one attached hydrogen (secondary N) is 1. The van der Waals surface area contributed by atoms with E-state index in [2.05, 4.69) is 44.4 Å². The molecule has 0 radical (unpaired) electrons. The van der Waals surface area contributed by atoms with E-state index in [1.807, 2.05) is 6.92 Å². The third-order valence-corrected chi connectivity index (χ3v) is 3.28. The van der Waals surface area contributed by atoms with Crippen LogP contribution in [0.25, 0.3) is 0 Å². The number of rotatable bonds is 6. The minimum absolute atomic E-state index is 0.115. The summed E-state index contributed by atoms with van der Waals surface area (Å²) in [6.07, 6.45) is 1.01. The number of nitrogens with two attached hydrogens (primary N) is 1. The Morgan fingerprint density at radius 2 is 1.88 bits per heavy atom. The molecule has 3 nitrogen and oxygen atoms in total. The molecule has 0 amide bonds. The molecule has 2 unspecified atom stereocenters. The number of hydrogen-bond donors (Lipinski definition) is 2. The van der Waals surface area contributed by atoms with Crippen LogP contribution >= 0.6 is 0 Å². The normalized spacial score (nSPS) is 14.6. The lowest BCUT2D eigenvalue weighted by atomic mass is 9.95. The van der Waals surface area contributed by atoms with Crippen molar-refractivity contribution in [1.29, 1.82) is 0 Å². The van der Waals surface area contributed by atoms with Gasteiger partial charge < -0.3 is 4.74 Å². The van der Waals surface area contributed by atoms with Gasteiger partial charge in [0.25, 0.3) is 0 Å². The van der Waals surface area contributed by atoms with Crippen LogP contribution < -0.4 is 11.3 Å². The summed E-state index contributed by atoms with van der Waals surface area (Å²) in [5.74, 6) is 5.62. The first-order chi connectivity index (χ1) is 8.10. The van der Waals surface area contributed by atoms with Crippen molar-refractivity contribution in [2.75, 3.05) is 6.61 Å². The average molecular weight is 236 g/mol. The minimum atomic E-state index is 0.115. The SMILES string of the molecule is CCOC(C)C(Cc1c(C)cccc1C)NN. The molecule has 1 aromatic carbocycles. The number of hydrogen-bond acceptors (Lipinski definition) is 3. The number of ether oxygens (including phenoxy) is 1. The molecular formula is C14H24N2O. The van der Waals surface area contributed by atoms with Crippen molar-refractivity contribution in [1.82, 2.24) is 5.43 Å². The van der Waals surface area contributed by atoms with Crippen LogP contribution in [0.5, 0.6) is 0 Å². The van der Waals surface area contributed by atoms with Crippen LogP contribution in [-0.4, -0.2) is 18.8 Å². The average Bonchev–Trinajstić information content (AvgIpc) is 2.29. The summed E-state index contributed by atoms with van der Waals surface area (Å²) in [6.45, 7) is 9.05. The molecule has 96 valence electrons.